The van der Waals surface area contributed by atoms with Gasteiger partial charge in [0.2, 0.25) is 0 Å². The van der Waals surface area contributed by atoms with Gasteiger partial charge in [0.05, 0.1) is 17.2 Å². The van der Waals surface area contributed by atoms with E-state index in [4.69, 9.17) is 4.74 Å². The molecule has 3 atom stereocenters. The van der Waals surface area contributed by atoms with E-state index in [1.807, 2.05) is 0 Å². The molecular formula is C32H32F4N4O3. The lowest BCUT2D eigenvalue weighted by atomic mass is 9.91. The van der Waals surface area contributed by atoms with Gasteiger partial charge in [0.25, 0.3) is 0 Å². The Morgan fingerprint density at radius 2 is 1.91 bits per heavy atom. The Bertz CT molecular complexity index is 1750. The molecule has 1 aromatic heterocycles. The number of ether oxygens (including phenoxy) is 1. The first-order valence-electron chi connectivity index (χ1n) is 14.8. The molecule has 0 bridgehead atoms. The smallest absolute Gasteiger partial charge is 0.319 e. The largest absolute Gasteiger partial charge is 0.508 e. The van der Waals surface area contributed by atoms with E-state index in [9.17, 15) is 19.0 Å². The van der Waals surface area contributed by atoms with Gasteiger partial charge in [0.1, 0.15) is 41.5 Å². The molecule has 4 aromatic rings. The number of aliphatic hydroxyl groups is 1. The molecule has 3 aliphatic heterocycles. The molecule has 0 saturated carbocycles. The molecule has 3 fully saturated rings. The summed E-state index contributed by atoms with van der Waals surface area (Å²) in [5, 5.41) is 21.5. The van der Waals surface area contributed by atoms with Crippen LogP contribution in [-0.4, -0.2) is 75.7 Å². The van der Waals surface area contributed by atoms with Gasteiger partial charge in [-0.05, 0) is 78.4 Å². The zero-order valence-electron chi connectivity index (χ0n) is 23.7. The number of nitrogens with zero attached hydrogens (tertiary/aromatic N) is 4. The first-order valence-corrected chi connectivity index (χ1v) is 14.8. The predicted molar refractivity (Wildman–Crippen MR) is 155 cm³/mol. The number of hydrogen-bond acceptors (Lipinski definition) is 7. The van der Waals surface area contributed by atoms with Crippen molar-refractivity contribution in [2.45, 2.75) is 56.8 Å². The van der Waals surface area contributed by atoms with Crippen molar-refractivity contribution in [3.63, 3.8) is 0 Å². The predicted octanol–water partition coefficient (Wildman–Crippen LogP) is 5.66. The number of halogens is 4. The Morgan fingerprint density at radius 3 is 2.67 bits per heavy atom. The summed E-state index contributed by atoms with van der Waals surface area (Å²) in [5.74, 6) is -2.46. The summed E-state index contributed by atoms with van der Waals surface area (Å²) in [6, 6.07) is 6.39. The van der Waals surface area contributed by atoms with Crippen LogP contribution >= 0.6 is 0 Å². The van der Waals surface area contributed by atoms with Crippen LogP contribution in [0.5, 0.6) is 11.8 Å². The summed E-state index contributed by atoms with van der Waals surface area (Å²) >= 11 is 0. The highest BCUT2D eigenvalue weighted by atomic mass is 19.1. The molecule has 0 radical (unpaired) electrons. The van der Waals surface area contributed by atoms with Gasteiger partial charge in [-0.15, -0.1) is 0 Å². The molecule has 7 nitrogen and oxygen atoms in total. The third-order valence-electron chi connectivity index (χ3n) is 9.31. The number of phenols is 1. The Hall–Kier alpha value is -3.70. The van der Waals surface area contributed by atoms with Crippen LogP contribution in [0.2, 0.25) is 0 Å². The monoisotopic (exact) mass is 596 g/mol. The third kappa shape index (κ3) is 4.64. The molecule has 0 amide bonds. The van der Waals surface area contributed by atoms with Crippen LogP contribution < -0.4 is 9.64 Å². The van der Waals surface area contributed by atoms with Gasteiger partial charge >= 0.3 is 6.01 Å². The lowest BCUT2D eigenvalue weighted by molar-refractivity contribution is 0.107. The van der Waals surface area contributed by atoms with E-state index >= 15 is 8.78 Å². The average Bonchev–Trinajstić information content (AvgIpc) is 3.65. The number of aromatic nitrogens is 2. The highest BCUT2D eigenvalue weighted by Crippen LogP contribution is 2.43. The molecule has 226 valence electrons. The molecule has 3 saturated heterocycles. The molecule has 4 heterocycles. The second-order valence-electron chi connectivity index (χ2n) is 12.0. The first-order chi connectivity index (χ1) is 20.7. The van der Waals surface area contributed by atoms with Gasteiger partial charge in [-0.3, -0.25) is 4.90 Å². The third-order valence-corrected chi connectivity index (χ3v) is 9.31. The maximum Gasteiger partial charge on any atom is 0.319 e. The Morgan fingerprint density at radius 1 is 1.07 bits per heavy atom. The second-order valence-corrected chi connectivity index (χ2v) is 12.0. The van der Waals surface area contributed by atoms with Gasteiger partial charge in [0, 0.05) is 31.4 Å². The van der Waals surface area contributed by atoms with E-state index in [0.29, 0.717) is 36.7 Å². The number of hydrogen-bond donors (Lipinski definition) is 2. The fraction of sp³-hybridized carbons (Fsp3) is 0.438. The Balaban J connectivity index is 1.40. The fourth-order valence-electron chi connectivity index (χ4n) is 7.34. The number of phenolic OH excluding ortho intramolecular Hbond substituents is 1. The van der Waals surface area contributed by atoms with Crippen LogP contribution in [0.4, 0.5) is 23.4 Å². The van der Waals surface area contributed by atoms with Crippen molar-refractivity contribution in [2.24, 2.45) is 0 Å². The minimum absolute atomic E-state index is 0.00269. The quantitative estimate of drug-likeness (QED) is 0.278. The van der Waals surface area contributed by atoms with Crippen LogP contribution in [0, 0.1) is 17.5 Å². The maximum atomic E-state index is 16.7. The summed E-state index contributed by atoms with van der Waals surface area (Å²) in [7, 11) is 0. The molecule has 0 aliphatic carbocycles. The number of anilines is 1. The number of alkyl halides is 1. The summed E-state index contributed by atoms with van der Waals surface area (Å²) in [6.45, 7) is 3.61. The van der Waals surface area contributed by atoms with E-state index in [2.05, 4.69) is 14.9 Å². The highest BCUT2D eigenvalue weighted by molar-refractivity contribution is 6.03. The van der Waals surface area contributed by atoms with Gasteiger partial charge in [-0.25, -0.2) is 17.6 Å². The molecule has 1 unspecified atom stereocenters. The number of aromatic hydroxyl groups is 1. The summed E-state index contributed by atoms with van der Waals surface area (Å²) in [5.41, 5.74) is -0.882. The SMILES string of the molecule is CCc1c(F)ccc2cc(O)cc(-c3c(F)cc4c(N5CCC(O)C5)nc(OC[C@@]56CCCN5C[C@H](F)C6)nc4c3F)c12. The van der Waals surface area contributed by atoms with Gasteiger partial charge < -0.3 is 19.8 Å². The standard InChI is InChI=1S/C32H32F4N4O3/c1-2-21-24(34)5-4-17-10-20(42)11-22(26(17)21)27-25(35)12-23-29(28(27)36)37-31(38-30(23)39-9-6-19(41)15-39)43-16-32-7-3-8-40(32)14-18(33)13-32/h4-5,10-12,18-19,41-42H,2-3,6-9,13-16H2,1H3/t18-,19?,32+/m1/s1. The van der Waals surface area contributed by atoms with Crippen molar-refractivity contribution >= 4 is 27.5 Å². The molecule has 2 N–H and O–H groups in total. The lowest BCUT2D eigenvalue weighted by Crippen LogP contribution is -2.43. The zero-order valence-corrected chi connectivity index (χ0v) is 23.7. The van der Waals surface area contributed by atoms with Crippen molar-refractivity contribution in [1.82, 2.24) is 14.9 Å². The number of aliphatic hydroxyl groups excluding tert-OH is 1. The zero-order chi connectivity index (χ0) is 30.0. The van der Waals surface area contributed by atoms with Crippen molar-refractivity contribution in [2.75, 3.05) is 37.7 Å². The topological polar surface area (TPSA) is 82.0 Å². The Labute approximate surface area is 245 Å². The minimum atomic E-state index is -1.01. The second kappa shape index (κ2) is 10.5. The van der Waals surface area contributed by atoms with Crippen molar-refractivity contribution in [3.8, 4) is 22.9 Å². The lowest BCUT2D eigenvalue weighted by Gasteiger charge is -2.31. The maximum absolute atomic E-state index is 16.7. The normalized spacial score (nSPS) is 24.0. The van der Waals surface area contributed by atoms with Crippen LogP contribution in [0.15, 0.2) is 30.3 Å². The van der Waals surface area contributed by atoms with E-state index in [1.54, 1.807) is 11.8 Å². The molecule has 7 rings (SSSR count). The molecule has 11 heteroatoms. The van der Waals surface area contributed by atoms with E-state index in [1.165, 1.54) is 24.3 Å². The molecule has 43 heavy (non-hydrogen) atoms. The van der Waals surface area contributed by atoms with Crippen LogP contribution in [0.3, 0.4) is 0 Å². The van der Waals surface area contributed by atoms with E-state index < -0.39 is 40.8 Å². The molecule has 3 aliphatic rings. The van der Waals surface area contributed by atoms with E-state index in [0.717, 1.165) is 25.5 Å². The van der Waals surface area contributed by atoms with Crippen molar-refractivity contribution in [1.29, 1.82) is 0 Å². The fourth-order valence-corrected chi connectivity index (χ4v) is 7.34. The van der Waals surface area contributed by atoms with Gasteiger partial charge in [-0.1, -0.05) is 13.0 Å². The van der Waals surface area contributed by atoms with Gasteiger partial charge in [0.15, 0.2) is 5.82 Å². The van der Waals surface area contributed by atoms with Crippen molar-refractivity contribution in [3.05, 3.63) is 53.3 Å². The van der Waals surface area contributed by atoms with Crippen LogP contribution in [-0.2, 0) is 6.42 Å². The number of rotatable bonds is 6. The number of β-amino-alcohol motifs (C(OH)–C–C–N with tert-alkyl or cyclic N) is 1. The average molecular weight is 597 g/mol. The Kier molecular flexibility index (Phi) is 6.85. The van der Waals surface area contributed by atoms with Crippen molar-refractivity contribution < 1.29 is 32.5 Å². The molecule has 3 aromatic carbocycles. The first kappa shape index (κ1) is 28.1. The minimum Gasteiger partial charge on any atom is -0.508 e. The number of aryl methyl sites for hydroxylation is 1. The van der Waals surface area contributed by atoms with E-state index in [-0.39, 0.29) is 59.2 Å². The summed E-state index contributed by atoms with van der Waals surface area (Å²) < 4.78 is 68.0. The molecule has 0 spiro atoms. The van der Waals surface area contributed by atoms with Crippen LogP contribution in [0.1, 0.15) is 38.2 Å². The highest BCUT2D eigenvalue weighted by Gasteiger charge is 2.49. The number of benzene rings is 3. The number of fused-ring (bicyclic) bond motifs is 3. The molecular weight excluding hydrogens is 564 g/mol. The van der Waals surface area contributed by atoms with Crippen LogP contribution in [0.25, 0.3) is 32.8 Å². The summed E-state index contributed by atoms with van der Waals surface area (Å²) in [4.78, 5) is 12.8. The summed E-state index contributed by atoms with van der Waals surface area (Å²) in [6.07, 6.45) is 1.14. The van der Waals surface area contributed by atoms with Gasteiger partial charge in [-0.2, -0.15) is 9.97 Å².